The van der Waals surface area contributed by atoms with Crippen molar-refractivity contribution in [3.05, 3.63) is 38.3 Å². The standard InChI is InChI=1S/C14H19BrN2O2/c15-14-11(6-4-8-13(14)17(18)19)9-10-5-2-1-3-7-12(10)16/h4,6,8,10,12H,1-3,5,7,9,16H2. The molecule has 1 aromatic rings. The van der Waals surface area contributed by atoms with Crippen molar-refractivity contribution in [2.45, 2.75) is 44.6 Å². The predicted octanol–water partition coefficient (Wildman–Crippen LogP) is 3.81. The van der Waals surface area contributed by atoms with E-state index in [-0.39, 0.29) is 16.7 Å². The van der Waals surface area contributed by atoms with Crippen molar-refractivity contribution in [3.63, 3.8) is 0 Å². The van der Waals surface area contributed by atoms with Crippen LogP contribution in [0.5, 0.6) is 0 Å². The first kappa shape index (κ1) is 14.5. The lowest BCUT2D eigenvalue weighted by molar-refractivity contribution is -0.385. The quantitative estimate of drug-likeness (QED) is 0.521. The molecule has 0 aromatic heterocycles. The van der Waals surface area contributed by atoms with Gasteiger partial charge in [0.15, 0.2) is 0 Å². The van der Waals surface area contributed by atoms with E-state index in [1.54, 1.807) is 6.07 Å². The lowest BCUT2D eigenvalue weighted by Gasteiger charge is -2.21. The van der Waals surface area contributed by atoms with E-state index in [9.17, 15) is 10.1 Å². The van der Waals surface area contributed by atoms with Crippen LogP contribution in [0.1, 0.15) is 37.7 Å². The van der Waals surface area contributed by atoms with E-state index >= 15 is 0 Å². The largest absolute Gasteiger partial charge is 0.327 e. The topological polar surface area (TPSA) is 69.2 Å². The fraction of sp³-hybridized carbons (Fsp3) is 0.571. The molecule has 5 heteroatoms. The van der Waals surface area contributed by atoms with E-state index in [1.165, 1.54) is 25.3 Å². The molecular formula is C14H19BrN2O2. The summed E-state index contributed by atoms with van der Waals surface area (Å²) >= 11 is 3.37. The Bertz CT molecular complexity index is 465. The first-order chi connectivity index (χ1) is 9.09. The molecule has 104 valence electrons. The molecule has 1 aromatic carbocycles. The summed E-state index contributed by atoms with van der Waals surface area (Å²) < 4.78 is 0.608. The molecule has 4 nitrogen and oxygen atoms in total. The molecule has 1 aliphatic carbocycles. The number of nitro benzene ring substituents is 1. The summed E-state index contributed by atoms with van der Waals surface area (Å²) in [6, 6.07) is 5.45. The van der Waals surface area contributed by atoms with Gasteiger partial charge in [-0.25, -0.2) is 0 Å². The molecule has 0 radical (unpaired) electrons. The highest BCUT2D eigenvalue weighted by atomic mass is 79.9. The minimum absolute atomic E-state index is 0.139. The fourth-order valence-electron chi connectivity index (χ4n) is 2.81. The van der Waals surface area contributed by atoms with Crippen LogP contribution < -0.4 is 5.73 Å². The van der Waals surface area contributed by atoms with E-state index in [0.717, 1.165) is 24.8 Å². The average Bonchev–Trinajstić information content (AvgIpc) is 2.57. The summed E-state index contributed by atoms with van der Waals surface area (Å²) in [4.78, 5) is 10.6. The van der Waals surface area contributed by atoms with Gasteiger partial charge in [0.05, 0.1) is 9.40 Å². The monoisotopic (exact) mass is 326 g/mol. The third-order valence-electron chi connectivity index (χ3n) is 3.95. The predicted molar refractivity (Wildman–Crippen MR) is 79.1 cm³/mol. The van der Waals surface area contributed by atoms with Gasteiger partial charge < -0.3 is 5.73 Å². The molecule has 2 rings (SSSR count). The van der Waals surface area contributed by atoms with Crippen LogP contribution in [0.2, 0.25) is 0 Å². The molecule has 0 amide bonds. The van der Waals surface area contributed by atoms with E-state index in [4.69, 9.17) is 5.73 Å². The number of nitrogens with zero attached hydrogens (tertiary/aromatic N) is 1. The van der Waals surface area contributed by atoms with E-state index < -0.39 is 0 Å². The first-order valence-electron chi connectivity index (χ1n) is 6.77. The summed E-state index contributed by atoms with van der Waals surface area (Å²) in [7, 11) is 0. The molecule has 2 N–H and O–H groups in total. The van der Waals surface area contributed by atoms with Gasteiger partial charge >= 0.3 is 0 Å². The molecule has 0 saturated heterocycles. The number of rotatable bonds is 3. The molecule has 2 atom stereocenters. The van der Waals surface area contributed by atoms with Gasteiger partial charge in [0.2, 0.25) is 0 Å². The van der Waals surface area contributed by atoms with Gasteiger partial charge in [-0.15, -0.1) is 0 Å². The van der Waals surface area contributed by atoms with Crippen molar-refractivity contribution in [1.29, 1.82) is 0 Å². The van der Waals surface area contributed by atoms with Crippen LogP contribution >= 0.6 is 15.9 Å². The zero-order chi connectivity index (χ0) is 13.8. The average molecular weight is 327 g/mol. The van der Waals surface area contributed by atoms with E-state index in [0.29, 0.717) is 10.4 Å². The lowest BCUT2D eigenvalue weighted by Crippen LogP contribution is -2.30. The Labute approximate surface area is 121 Å². The zero-order valence-corrected chi connectivity index (χ0v) is 12.4. The van der Waals surface area contributed by atoms with Gasteiger partial charge in [0, 0.05) is 12.1 Å². The van der Waals surface area contributed by atoms with Gasteiger partial charge in [-0.1, -0.05) is 31.4 Å². The molecule has 0 bridgehead atoms. The maximum absolute atomic E-state index is 10.9. The SMILES string of the molecule is NC1CCCCCC1Cc1cccc([N+](=O)[O-])c1Br. The number of hydrogen-bond donors (Lipinski definition) is 1. The second-order valence-corrected chi connectivity index (χ2v) is 6.07. The van der Waals surface area contributed by atoms with Crippen molar-refractivity contribution in [3.8, 4) is 0 Å². The smallest absolute Gasteiger partial charge is 0.283 e. The normalized spacial score (nSPS) is 23.9. The van der Waals surface area contributed by atoms with E-state index in [1.807, 2.05) is 6.07 Å². The van der Waals surface area contributed by atoms with Crippen LogP contribution in [0.3, 0.4) is 0 Å². The second-order valence-electron chi connectivity index (χ2n) is 5.27. The molecule has 0 heterocycles. The minimum Gasteiger partial charge on any atom is -0.327 e. The van der Waals surface area contributed by atoms with Gasteiger partial charge in [-0.05, 0) is 46.7 Å². The van der Waals surface area contributed by atoms with Gasteiger partial charge in [0.1, 0.15) is 0 Å². The van der Waals surface area contributed by atoms with E-state index in [2.05, 4.69) is 15.9 Å². The van der Waals surface area contributed by atoms with Crippen LogP contribution in [-0.4, -0.2) is 11.0 Å². The van der Waals surface area contributed by atoms with Gasteiger partial charge in [-0.3, -0.25) is 10.1 Å². The van der Waals surface area contributed by atoms with Crippen LogP contribution in [0.25, 0.3) is 0 Å². The van der Waals surface area contributed by atoms with Crippen molar-refractivity contribution >= 4 is 21.6 Å². The van der Waals surface area contributed by atoms with Crippen molar-refractivity contribution in [1.82, 2.24) is 0 Å². The molecule has 2 unspecified atom stereocenters. The molecule has 0 aliphatic heterocycles. The second kappa shape index (κ2) is 6.48. The summed E-state index contributed by atoms with van der Waals surface area (Å²) in [6.07, 6.45) is 6.68. The van der Waals surface area contributed by atoms with Gasteiger partial charge in [0.25, 0.3) is 5.69 Å². The number of nitrogens with two attached hydrogens (primary N) is 1. The van der Waals surface area contributed by atoms with Crippen molar-refractivity contribution < 1.29 is 4.92 Å². The van der Waals surface area contributed by atoms with Crippen LogP contribution in [0.15, 0.2) is 22.7 Å². The fourth-order valence-corrected chi connectivity index (χ4v) is 3.38. The molecule has 1 saturated carbocycles. The number of hydrogen-bond acceptors (Lipinski definition) is 3. The van der Waals surface area contributed by atoms with Gasteiger partial charge in [-0.2, -0.15) is 0 Å². The summed E-state index contributed by atoms with van der Waals surface area (Å²) in [5.41, 5.74) is 7.36. The minimum atomic E-state index is -0.347. The Kier molecular flexibility index (Phi) is 4.93. The van der Waals surface area contributed by atoms with Crippen molar-refractivity contribution in [2.75, 3.05) is 0 Å². The lowest BCUT2D eigenvalue weighted by atomic mass is 9.89. The Morgan fingerprint density at radius 3 is 2.79 bits per heavy atom. The third kappa shape index (κ3) is 3.54. The number of halogens is 1. The Hall–Kier alpha value is -0.940. The maximum Gasteiger partial charge on any atom is 0.283 e. The Balaban J connectivity index is 2.18. The summed E-state index contributed by atoms with van der Waals surface area (Å²) in [6.45, 7) is 0. The first-order valence-corrected chi connectivity index (χ1v) is 7.56. The molecule has 1 aliphatic rings. The molecular weight excluding hydrogens is 308 g/mol. The highest BCUT2D eigenvalue weighted by molar-refractivity contribution is 9.10. The van der Waals surface area contributed by atoms with Crippen molar-refractivity contribution in [2.24, 2.45) is 11.7 Å². The molecule has 19 heavy (non-hydrogen) atoms. The zero-order valence-electron chi connectivity index (χ0n) is 10.8. The summed E-state index contributed by atoms with van der Waals surface area (Å²) in [5, 5.41) is 10.9. The molecule has 0 spiro atoms. The Morgan fingerprint density at radius 1 is 1.32 bits per heavy atom. The van der Waals surface area contributed by atoms with Crippen LogP contribution in [-0.2, 0) is 6.42 Å². The van der Waals surface area contributed by atoms with Crippen LogP contribution in [0, 0.1) is 16.0 Å². The highest BCUT2D eigenvalue weighted by Gasteiger charge is 2.23. The molecule has 1 fully saturated rings. The number of nitro groups is 1. The maximum atomic E-state index is 10.9. The third-order valence-corrected chi connectivity index (χ3v) is 4.87. The van der Waals surface area contributed by atoms with Crippen LogP contribution in [0.4, 0.5) is 5.69 Å². The summed E-state index contributed by atoms with van der Waals surface area (Å²) in [5.74, 6) is 0.431. The Morgan fingerprint density at radius 2 is 2.05 bits per heavy atom. The highest BCUT2D eigenvalue weighted by Crippen LogP contribution is 2.32. The number of benzene rings is 1.